The fourth-order valence-electron chi connectivity index (χ4n) is 4.13. The van der Waals surface area contributed by atoms with E-state index in [4.69, 9.17) is 4.74 Å². The van der Waals surface area contributed by atoms with Gasteiger partial charge in [0, 0.05) is 38.3 Å². The second-order valence-electron chi connectivity index (χ2n) is 8.68. The van der Waals surface area contributed by atoms with Crippen LogP contribution in [-0.2, 0) is 21.3 Å². The molecule has 188 valence electrons. The van der Waals surface area contributed by atoms with Gasteiger partial charge in [-0.05, 0) is 48.9 Å². The van der Waals surface area contributed by atoms with Gasteiger partial charge in [-0.2, -0.15) is 4.31 Å². The number of aryl methyl sites for hydroxylation is 1. The molecule has 3 aromatic rings. The summed E-state index contributed by atoms with van der Waals surface area (Å²) < 4.78 is 32.2. The molecule has 0 unspecified atom stereocenters. The highest BCUT2D eigenvalue weighted by atomic mass is 32.2. The lowest BCUT2D eigenvalue weighted by molar-refractivity contribution is 0.0602. The minimum Gasteiger partial charge on any atom is -0.465 e. The van der Waals surface area contributed by atoms with Gasteiger partial charge in [0.1, 0.15) is 0 Å². The summed E-state index contributed by atoms with van der Waals surface area (Å²) in [4.78, 5) is 27.4. The molecule has 1 saturated heterocycles. The number of nitrogens with one attached hydrogen (secondary N) is 1. The van der Waals surface area contributed by atoms with Crippen molar-refractivity contribution in [2.45, 2.75) is 18.4 Å². The first kappa shape index (κ1) is 25.6. The maximum Gasteiger partial charge on any atom is 0.339 e. The number of amides is 1. The van der Waals surface area contributed by atoms with Crippen LogP contribution in [0.1, 0.15) is 31.8 Å². The largest absolute Gasteiger partial charge is 0.465 e. The van der Waals surface area contributed by atoms with E-state index in [9.17, 15) is 18.0 Å². The zero-order valence-corrected chi connectivity index (χ0v) is 21.1. The van der Waals surface area contributed by atoms with Crippen LogP contribution in [0.25, 0.3) is 0 Å². The summed E-state index contributed by atoms with van der Waals surface area (Å²) in [6, 6.07) is 20.9. The summed E-state index contributed by atoms with van der Waals surface area (Å²) in [5, 5.41) is 2.79. The third kappa shape index (κ3) is 5.81. The number of esters is 1. The van der Waals surface area contributed by atoms with Crippen LogP contribution in [0.2, 0.25) is 0 Å². The Kier molecular flexibility index (Phi) is 7.83. The minimum atomic E-state index is -3.51. The molecule has 1 aliphatic rings. The number of carbonyl (C=O) groups excluding carboxylic acids is 2. The molecular formula is C27H29N3O5S. The first-order chi connectivity index (χ1) is 17.3. The second-order valence-corrected chi connectivity index (χ2v) is 10.6. The van der Waals surface area contributed by atoms with Crippen molar-refractivity contribution in [2.75, 3.05) is 38.6 Å². The summed E-state index contributed by atoms with van der Waals surface area (Å²) in [7, 11) is -2.22. The minimum absolute atomic E-state index is 0.281. The summed E-state index contributed by atoms with van der Waals surface area (Å²) in [6.07, 6.45) is 0. The van der Waals surface area contributed by atoms with Crippen LogP contribution in [-0.4, -0.2) is 62.8 Å². The molecule has 1 amide bonds. The molecular weight excluding hydrogens is 478 g/mol. The monoisotopic (exact) mass is 507 g/mol. The van der Waals surface area contributed by atoms with Crippen molar-refractivity contribution in [3.8, 4) is 0 Å². The van der Waals surface area contributed by atoms with E-state index in [0.717, 1.165) is 11.1 Å². The molecule has 1 aliphatic heterocycles. The maximum absolute atomic E-state index is 13.0. The highest BCUT2D eigenvalue weighted by molar-refractivity contribution is 7.89. The van der Waals surface area contributed by atoms with Crippen LogP contribution in [0.15, 0.2) is 77.7 Å². The number of sulfonamides is 1. The maximum atomic E-state index is 13.0. The number of hydrogen-bond donors (Lipinski definition) is 1. The van der Waals surface area contributed by atoms with Crippen molar-refractivity contribution >= 4 is 27.6 Å². The quantitative estimate of drug-likeness (QED) is 0.492. The van der Waals surface area contributed by atoms with Crippen LogP contribution >= 0.6 is 0 Å². The summed E-state index contributed by atoms with van der Waals surface area (Å²) >= 11 is 0. The first-order valence-electron chi connectivity index (χ1n) is 11.6. The molecule has 9 heteroatoms. The van der Waals surface area contributed by atoms with Gasteiger partial charge in [-0.25, -0.2) is 13.2 Å². The van der Waals surface area contributed by atoms with E-state index in [-0.39, 0.29) is 11.5 Å². The van der Waals surface area contributed by atoms with Gasteiger partial charge in [0.2, 0.25) is 10.0 Å². The van der Waals surface area contributed by atoms with Crippen molar-refractivity contribution < 1.29 is 22.7 Å². The van der Waals surface area contributed by atoms with E-state index in [1.807, 2.05) is 25.1 Å². The lowest BCUT2D eigenvalue weighted by Gasteiger charge is -2.34. The fraction of sp³-hybridized carbons (Fsp3) is 0.259. The number of anilines is 1. The smallest absolute Gasteiger partial charge is 0.339 e. The van der Waals surface area contributed by atoms with Gasteiger partial charge in [-0.3, -0.25) is 9.69 Å². The van der Waals surface area contributed by atoms with Crippen LogP contribution < -0.4 is 5.32 Å². The molecule has 0 radical (unpaired) electrons. The predicted molar refractivity (Wildman–Crippen MR) is 137 cm³/mol. The Morgan fingerprint density at radius 1 is 0.917 bits per heavy atom. The highest BCUT2D eigenvalue weighted by Crippen LogP contribution is 2.20. The van der Waals surface area contributed by atoms with Crippen molar-refractivity contribution in [3.05, 3.63) is 95.1 Å². The molecule has 3 aromatic carbocycles. The average Bonchev–Trinajstić information content (AvgIpc) is 2.89. The molecule has 1 fully saturated rings. The van der Waals surface area contributed by atoms with Gasteiger partial charge in [0.15, 0.2) is 0 Å². The third-order valence-corrected chi connectivity index (χ3v) is 8.08. The zero-order valence-electron chi connectivity index (χ0n) is 20.3. The molecule has 1 heterocycles. The SMILES string of the molecule is COC(=O)c1ccccc1NC(=O)c1cccc(CN2CCN(S(=O)(=O)c3ccc(C)cc3)CC2)c1. The van der Waals surface area contributed by atoms with E-state index in [2.05, 4.69) is 10.2 Å². The summed E-state index contributed by atoms with van der Waals surface area (Å²) in [6.45, 7) is 4.51. The lowest BCUT2D eigenvalue weighted by atomic mass is 10.1. The van der Waals surface area contributed by atoms with Gasteiger partial charge in [0.25, 0.3) is 5.91 Å². The molecule has 36 heavy (non-hydrogen) atoms. The van der Waals surface area contributed by atoms with Crippen molar-refractivity contribution in [2.24, 2.45) is 0 Å². The van der Waals surface area contributed by atoms with E-state index in [1.54, 1.807) is 54.6 Å². The standard InChI is InChI=1S/C27H29N3O5S/c1-20-10-12-23(13-11-20)36(33,34)30-16-14-29(15-17-30)19-21-6-5-7-22(18-21)26(31)28-25-9-4-3-8-24(25)27(32)35-2/h3-13,18H,14-17,19H2,1-2H3,(H,28,31). The third-order valence-electron chi connectivity index (χ3n) is 6.17. The Labute approximate surface area is 211 Å². The second kappa shape index (κ2) is 11.0. The molecule has 0 aromatic heterocycles. The number of hydrogen-bond acceptors (Lipinski definition) is 6. The Hall–Kier alpha value is -3.53. The number of benzene rings is 3. The van der Waals surface area contributed by atoms with Crippen LogP contribution in [0.3, 0.4) is 0 Å². The van der Waals surface area contributed by atoms with E-state index < -0.39 is 16.0 Å². The van der Waals surface area contributed by atoms with Crippen LogP contribution in [0.5, 0.6) is 0 Å². The Morgan fingerprint density at radius 2 is 1.61 bits per heavy atom. The highest BCUT2D eigenvalue weighted by Gasteiger charge is 2.28. The number of methoxy groups -OCH3 is 1. The van der Waals surface area contributed by atoms with E-state index >= 15 is 0 Å². The molecule has 0 saturated carbocycles. The van der Waals surface area contributed by atoms with Gasteiger partial charge >= 0.3 is 5.97 Å². The molecule has 0 spiro atoms. The number of nitrogens with zero attached hydrogens (tertiary/aromatic N) is 2. The zero-order chi connectivity index (χ0) is 25.7. The van der Waals surface area contributed by atoms with Crippen molar-refractivity contribution in [1.29, 1.82) is 0 Å². The Balaban J connectivity index is 1.38. The fourth-order valence-corrected chi connectivity index (χ4v) is 5.55. The lowest BCUT2D eigenvalue weighted by Crippen LogP contribution is -2.48. The van der Waals surface area contributed by atoms with Crippen molar-refractivity contribution in [1.82, 2.24) is 9.21 Å². The van der Waals surface area contributed by atoms with Crippen LogP contribution in [0, 0.1) is 6.92 Å². The van der Waals surface area contributed by atoms with Gasteiger partial charge in [-0.15, -0.1) is 0 Å². The molecule has 8 nitrogen and oxygen atoms in total. The normalized spacial score (nSPS) is 14.8. The number of piperazine rings is 1. The average molecular weight is 508 g/mol. The first-order valence-corrected chi connectivity index (χ1v) is 13.1. The van der Waals surface area contributed by atoms with Crippen LogP contribution in [0.4, 0.5) is 5.69 Å². The number of ether oxygens (including phenoxy) is 1. The van der Waals surface area contributed by atoms with Crippen molar-refractivity contribution in [3.63, 3.8) is 0 Å². The molecule has 0 bridgehead atoms. The van der Waals surface area contributed by atoms with E-state index in [1.165, 1.54) is 11.4 Å². The van der Waals surface area contributed by atoms with Gasteiger partial charge in [0.05, 0.1) is 23.3 Å². The molecule has 4 rings (SSSR count). The Bertz CT molecular complexity index is 1350. The number of rotatable bonds is 7. The molecule has 0 aliphatic carbocycles. The van der Waals surface area contributed by atoms with Gasteiger partial charge in [-0.1, -0.05) is 42.0 Å². The predicted octanol–water partition coefficient (Wildman–Crippen LogP) is 3.54. The van der Waals surface area contributed by atoms with Gasteiger partial charge < -0.3 is 10.1 Å². The summed E-state index contributed by atoms with van der Waals surface area (Å²) in [5.41, 5.74) is 3.09. The topological polar surface area (TPSA) is 96.0 Å². The number of para-hydroxylation sites is 1. The molecule has 0 atom stereocenters. The molecule has 1 N–H and O–H groups in total. The summed E-state index contributed by atoms with van der Waals surface area (Å²) in [5.74, 6) is -0.856. The Morgan fingerprint density at radius 3 is 2.31 bits per heavy atom. The number of carbonyl (C=O) groups is 2. The van der Waals surface area contributed by atoms with E-state index in [0.29, 0.717) is 48.9 Å².